The molecule has 1 fully saturated rings. The van der Waals surface area contributed by atoms with Gasteiger partial charge in [-0.2, -0.15) is 18.2 Å². The molecule has 0 spiro atoms. The number of nitrogens with one attached hydrogen (secondary N) is 1. The third kappa shape index (κ3) is 5.21. The van der Waals surface area contributed by atoms with Gasteiger partial charge in [-0.05, 0) is 30.9 Å². The van der Waals surface area contributed by atoms with Crippen LogP contribution < -0.4 is 5.32 Å². The zero-order chi connectivity index (χ0) is 19.6. The van der Waals surface area contributed by atoms with E-state index in [0.29, 0.717) is 22.7 Å². The van der Waals surface area contributed by atoms with Crippen LogP contribution in [0.5, 0.6) is 0 Å². The van der Waals surface area contributed by atoms with E-state index in [0.717, 1.165) is 36.9 Å². The first-order chi connectivity index (χ1) is 12.7. The molecule has 1 aliphatic carbocycles. The van der Waals surface area contributed by atoms with Crippen LogP contribution in [0.3, 0.4) is 0 Å². The van der Waals surface area contributed by atoms with Crippen LogP contribution in [0.15, 0.2) is 27.9 Å². The Balaban J connectivity index is 1.56. The van der Waals surface area contributed by atoms with Crippen LogP contribution in [0.1, 0.15) is 55.9 Å². The van der Waals surface area contributed by atoms with Crippen LogP contribution in [0.2, 0.25) is 0 Å². The minimum absolute atomic E-state index is 0.0191. The number of hydrogen-bond donors (Lipinski definition) is 1. The van der Waals surface area contributed by atoms with E-state index in [2.05, 4.69) is 20.4 Å². The second kappa shape index (κ2) is 7.87. The molecular formula is C17H19F3N4O2S. The summed E-state index contributed by atoms with van der Waals surface area (Å²) in [6.07, 6.45) is -1.57. The smallest absolute Gasteiger partial charge is 0.343 e. The number of thioether (sulfide) groups is 1. The van der Waals surface area contributed by atoms with E-state index in [1.807, 2.05) is 13.8 Å². The molecule has 1 N–H and O–H groups in total. The quantitative estimate of drug-likeness (QED) is 0.709. The Kier molecular flexibility index (Phi) is 5.73. The molecule has 1 saturated carbocycles. The number of carbonyl (C=O) groups is 1. The van der Waals surface area contributed by atoms with Crippen molar-refractivity contribution in [1.82, 2.24) is 20.4 Å². The molecule has 6 nitrogen and oxygen atoms in total. The summed E-state index contributed by atoms with van der Waals surface area (Å²) < 4.78 is 42.9. The monoisotopic (exact) mass is 400 g/mol. The summed E-state index contributed by atoms with van der Waals surface area (Å²) in [6, 6.07) is 1.78. The zero-order valence-electron chi connectivity index (χ0n) is 14.8. The van der Waals surface area contributed by atoms with E-state index in [-0.39, 0.29) is 17.6 Å². The molecule has 2 heterocycles. The number of nitrogens with zero attached hydrogens (tertiary/aromatic N) is 3. The lowest BCUT2D eigenvalue weighted by Crippen LogP contribution is -2.33. The second-order valence-corrected chi connectivity index (χ2v) is 7.72. The summed E-state index contributed by atoms with van der Waals surface area (Å²) >= 11 is 1.06. The molecule has 0 bridgehead atoms. The Morgan fingerprint density at radius 3 is 2.67 bits per heavy atom. The molecule has 3 rings (SSSR count). The van der Waals surface area contributed by atoms with Gasteiger partial charge >= 0.3 is 6.18 Å². The fourth-order valence-corrected chi connectivity index (χ4v) is 3.04. The molecule has 0 radical (unpaired) electrons. The van der Waals surface area contributed by atoms with Gasteiger partial charge in [0.05, 0.1) is 16.3 Å². The minimum atomic E-state index is -4.43. The third-order valence-corrected chi connectivity index (χ3v) is 5.01. The van der Waals surface area contributed by atoms with E-state index in [1.165, 1.54) is 6.07 Å². The molecule has 146 valence electrons. The molecule has 1 unspecified atom stereocenters. The number of amides is 1. The van der Waals surface area contributed by atoms with Crippen molar-refractivity contribution in [3.63, 3.8) is 0 Å². The van der Waals surface area contributed by atoms with Gasteiger partial charge in [-0.3, -0.25) is 4.79 Å². The van der Waals surface area contributed by atoms with Gasteiger partial charge < -0.3 is 9.84 Å². The lowest BCUT2D eigenvalue weighted by molar-refractivity contribution is -0.137. The Morgan fingerprint density at radius 2 is 2.11 bits per heavy atom. The zero-order valence-corrected chi connectivity index (χ0v) is 15.6. The lowest BCUT2D eigenvalue weighted by Gasteiger charge is -2.18. The van der Waals surface area contributed by atoms with Crippen LogP contribution in [-0.2, 0) is 11.0 Å². The summed E-state index contributed by atoms with van der Waals surface area (Å²) in [5, 5.41) is 7.15. The number of halogens is 3. The van der Waals surface area contributed by atoms with Crippen molar-refractivity contribution in [3.8, 4) is 0 Å². The predicted octanol–water partition coefficient (Wildman–Crippen LogP) is 3.97. The highest BCUT2D eigenvalue weighted by Crippen LogP contribution is 2.38. The van der Waals surface area contributed by atoms with E-state index >= 15 is 0 Å². The fraction of sp³-hybridized carbons (Fsp3) is 0.529. The highest BCUT2D eigenvalue weighted by atomic mass is 32.2. The molecule has 1 amide bonds. The van der Waals surface area contributed by atoms with E-state index in [9.17, 15) is 18.0 Å². The summed E-state index contributed by atoms with van der Waals surface area (Å²) in [5.41, 5.74) is -0.820. The first-order valence-electron chi connectivity index (χ1n) is 8.53. The molecule has 2 aromatic heterocycles. The highest BCUT2D eigenvalue weighted by Gasteiger charge is 2.32. The van der Waals surface area contributed by atoms with Crippen molar-refractivity contribution >= 4 is 17.7 Å². The highest BCUT2D eigenvalue weighted by molar-refractivity contribution is 7.99. The predicted molar refractivity (Wildman–Crippen MR) is 92.0 cm³/mol. The molecule has 27 heavy (non-hydrogen) atoms. The lowest BCUT2D eigenvalue weighted by atomic mass is 10.0. The SMILES string of the molecule is CC(C)C(NC(=O)CSc1ccc(C(F)(F)F)cn1)c1nc(C2CC2)no1. The van der Waals surface area contributed by atoms with Gasteiger partial charge in [0.2, 0.25) is 11.8 Å². The largest absolute Gasteiger partial charge is 0.417 e. The van der Waals surface area contributed by atoms with Gasteiger partial charge in [0.25, 0.3) is 0 Å². The molecule has 0 aromatic carbocycles. The topological polar surface area (TPSA) is 80.9 Å². The maximum absolute atomic E-state index is 12.5. The number of alkyl halides is 3. The van der Waals surface area contributed by atoms with Crippen molar-refractivity contribution in [3.05, 3.63) is 35.6 Å². The van der Waals surface area contributed by atoms with E-state index in [4.69, 9.17) is 4.52 Å². The first kappa shape index (κ1) is 19.7. The summed E-state index contributed by atoms with van der Waals surface area (Å²) in [4.78, 5) is 20.4. The van der Waals surface area contributed by atoms with Gasteiger partial charge in [0.1, 0.15) is 6.04 Å². The van der Waals surface area contributed by atoms with Crippen molar-refractivity contribution in [2.75, 3.05) is 5.75 Å². The normalized spacial score (nSPS) is 15.8. The summed E-state index contributed by atoms with van der Waals surface area (Å²) in [5.74, 6) is 1.17. The van der Waals surface area contributed by atoms with Crippen molar-refractivity contribution in [1.29, 1.82) is 0 Å². The molecular weight excluding hydrogens is 381 g/mol. The molecule has 1 atom stereocenters. The van der Waals surface area contributed by atoms with Gasteiger partial charge in [-0.25, -0.2) is 4.98 Å². The van der Waals surface area contributed by atoms with Crippen molar-refractivity contribution in [2.45, 2.75) is 49.9 Å². The number of pyridine rings is 1. The number of hydrogen-bond acceptors (Lipinski definition) is 6. The van der Waals surface area contributed by atoms with E-state index < -0.39 is 17.8 Å². The van der Waals surface area contributed by atoms with Crippen LogP contribution in [0.25, 0.3) is 0 Å². The average Bonchev–Trinajstić information content (AvgIpc) is 3.35. The maximum atomic E-state index is 12.5. The molecule has 0 saturated heterocycles. The maximum Gasteiger partial charge on any atom is 0.417 e. The van der Waals surface area contributed by atoms with Gasteiger partial charge in [-0.15, -0.1) is 0 Å². The number of aromatic nitrogens is 3. The van der Waals surface area contributed by atoms with Crippen molar-refractivity contribution in [2.24, 2.45) is 5.92 Å². The van der Waals surface area contributed by atoms with Crippen LogP contribution in [0, 0.1) is 5.92 Å². The van der Waals surface area contributed by atoms with E-state index in [1.54, 1.807) is 0 Å². The van der Waals surface area contributed by atoms with Crippen molar-refractivity contribution < 1.29 is 22.5 Å². The Hall–Kier alpha value is -2.10. The Morgan fingerprint density at radius 1 is 1.37 bits per heavy atom. The van der Waals surface area contributed by atoms with Gasteiger partial charge in [0, 0.05) is 12.1 Å². The average molecular weight is 400 g/mol. The Labute approximate surface area is 158 Å². The van der Waals surface area contributed by atoms with Gasteiger partial charge in [-0.1, -0.05) is 30.8 Å². The standard InChI is InChI=1S/C17H19F3N4O2S/c1-9(2)14(16-23-15(24-26-16)10-3-4-10)22-12(25)8-27-13-6-5-11(7-21-13)17(18,19)20/h5-7,9-10,14H,3-4,8H2,1-2H3,(H,22,25). The fourth-order valence-electron chi connectivity index (χ4n) is 2.38. The number of rotatable bonds is 7. The van der Waals surface area contributed by atoms with Gasteiger partial charge in [0.15, 0.2) is 5.82 Å². The molecule has 0 aliphatic heterocycles. The summed E-state index contributed by atoms with van der Waals surface area (Å²) in [6.45, 7) is 3.85. The Bertz CT molecular complexity index is 788. The minimum Gasteiger partial charge on any atom is -0.343 e. The molecule has 2 aromatic rings. The van der Waals surface area contributed by atoms with Crippen LogP contribution >= 0.6 is 11.8 Å². The first-order valence-corrected chi connectivity index (χ1v) is 9.51. The van der Waals surface area contributed by atoms with Crippen LogP contribution in [-0.4, -0.2) is 26.8 Å². The molecule has 1 aliphatic rings. The number of carbonyl (C=O) groups excluding carboxylic acids is 1. The van der Waals surface area contributed by atoms with Crippen LogP contribution in [0.4, 0.5) is 13.2 Å². The molecule has 10 heteroatoms. The summed E-state index contributed by atoms with van der Waals surface area (Å²) in [7, 11) is 0. The second-order valence-electron chi connectivity index (χ2n) is 6.73. The third-order valence-electron chi connectivity index (χ3n) is 4.06.